The second-order valence-corrected chi connectivity index (χ2v) is 14.3. The Morgan fingerprint density at radius 1 is 0.817 bits per heavy atom. The first-order chi connectivity index (χ1) is 28.7. The summed E-state index contributed by atoms with van der Waals surface area (Å²) in [7, 11) is 0. The minimum Gasteiger partial charge on any atom is -0.484 e. The molecule has 324 valence electrons. The summed E-state index contributed by atoms with van der Waals surface area (Å²) in [5.41, 5.74) is 0.948. The summed E-state index contributed by atoms with van der Waals surface area (Å²) >= 11 is 0. The average Bonchev–Trinajstić information content (AvgIpc) is 3.20. The van der Waals surface area contributed by atoms with Crippen LogP contribution in [0.4, 0.5) is 0 Å². The van der Waals surface area contributed by atoms with Gasteiger partial charge in [0.2, 0.25) is 12.2 Å². The largest absolute Gasteiger partial charge is 0.484 e. The molecule has 2 amide bonds. The van der Waals surface area contributed by atoms with Gasteiger partial charge in [-0.1, -0.05) is 5.16 Å². The minimum atomic E-state index is -1.85. The number of aliphatic hydroxyl groups excluding tert-OH is 5. The molecule has 0 saturated carbocycles. The second kappa shape index (κ2) is 19.7. The zero-order valence-electron chi connectivity index (χ0n) is 32.8. The van der Waals surface area contributed by atoms with Crippen molar-refractivity contribution >= 4 is 40.0 Å². The molecule has 2 aromatic heterocycles. The molecule has 4 heterocycles. The van der Waals surface area contributed by atoms with Crippen LogP contribution in [0.2, 0.25) is 0 Å². The van der Waals surface area contributed by atoms with Gasteiger partial charge in [-0.05, 0) is 62.1 Å². The summed E-state index contributed by atoms with van der Waals surface area (Å²) in [5.74, 6) is -0.441. The number of oxime groups is 1. The van der Waals surface area contributed by atoms with Crippen LogP contribution in [0.3, 0.4) is 0 Å². The smallest absolute Gasteiger partial charge is 0.336 e. The first-order valence-electron chi connectivity index (χ1n) is 19.1. The molecular formula is C40H47N3O17. The van der Waals surface area contributed by atoms with Crippen molar-refractivity contribution in [2.75, 3.05) is 26.4 Å². The molecule has 2 aliphatic heterocycles. The summed E-state index contributed by atoms with van der Waals surface area (Å²) in [5, 5.41) is 64.2. The monoisotopic (exact) mass is 841 g/mol. The number of nitrogens with one attached hydrogen (secondary N) is 2. The molecule has 2 saturated heterocycles. The van der Waals surface area contributed by atoms with Crippen molar-refractivity contribution in [3.05, 3.63) is 80.5 Å². The van der Waals surface area contributed by atoms with Crippen LogP contribution in [-0.4, -0.2) is 131 Å². The molecule has 10 atom stereocenters. The lowest BCUT2D eigenvalue weighted by Crippen LogP contribution is -2.68. The number of ether oxygens (including phenoxy) is 5. The number of nitrogens with zero attached hydrogens (tertiary/aromatic N) is 1. The van der Waals surface area contributed by atoms with E-state index in [1.54, 1.807) is 44.2 Å². The van der Waals surface area contributed by atoms with E-state index in [0.29, 0.717) is 41.7 Å². The van der Waals surface area contributed by atoms with E-state index in [1.165, 1.54) is 25.1 Å². The highest BCUT2D eigenvalue weighted by atomic mass is 16.7. The average molecular weight is 842 g/mol. The Labute approximate surface area is 341 Å². The van der Waals surface area contributed by atoms with Gasteiger partial charge in [-0.3, -0.25) is 9.59 Å². The maximum atomic E-state index is 12.3. The number of hydrogen-bond acceptors (Lipinski definition) is 18. The summed E-state index contributed by atoms with van der Waals surface area (Å²) in [6.45, 7) is 4.13. The maximum absolute atomic E-state index is 12.3. The van der Waals surface area contributed by atoms with Crippen LogP contribution in [0.1, 0.15) is 30.9 Å². The Kier molecular flexibility index (Phi) is 14.5. The second-order valence-electron chi connectivity index (χ2n) is 14.3. The first kappa shape index (κ1) is 44.1. The number of rotatable bonds is 16. The SMILES string of the molecule is CC(=O)N[C@H]1[C@H](Oc2ccc3c(C)cc(=O)oc3c2)O[C@H](CO)[C@@H](O[C@@H]2O[C@H](C=NOCCCCNC(=O)COc3ccc4c(C)cc(=O)oc4c3)[C@H](O)[C@H](O)[C@H]2O)[C@@H]1O. The van der Waals surface area contributed by atoms with Crippen LogP contribution in [0.15, 0.2) is 72.1 Å². The lowest BCUT2D eigenvalue weighted by Gasteiger charge is -2.46. The third-order valence-electron chi connectivity index (χ3n) is 9.86. The number of aryl methyl sites for hydroxylation is 2. The highest BCUT2D eigenvalue weighted by Crippen LogP contribution is 2.31. The summed E-state index contributed by atoms with van der Waals surface area (Å²) < 4.78 is 39.4. The first-order valence-corrected chi connectivity index (χ1v) is 19.1. The zero-order valence-corrected chi connectivity index (χ0v) is 32.8. The number of benzene rings is 2. The van der Waals surface area contributed by atoms with Gasteiger partial charge in [-0.2, -0.15) is 0 Å². The van der Waals surface area contributed by atoms with Gasteiger partial charge in [0.05, 0.1) is 12.8 Å². The van der Waals surface area contributed by atoms with E-state index in [9.17, 15) is 44.7 Å². The molecule has 20 heteroatoms. The quantitative estimate of drug-likeness (QED) is 0.0328. The van der Waals surface area contributed by atoms with Crippen LogP contribution in [0.5, 0.6) is 11.5 Å². The van der Waals surface area contributed by atoms with E-state index < -0.39 is 85.1 Å². The molecule has 0 spiro atoms. The topological polar surface area (TPSA) is 288 Å². The standard InChI is InChI=1S/C40H47N3O17/c1-19-12-31(47)56-26-14-22(6-8-24(19)26)53-18-30(46)41-10-4-5-11-54-42-16-28-34(49)36(51)37(52)40(58-28)60-38-29(17-44)59-39(33(35(38)50)43-21(3)45)55-23-7-9-25-20(2)13-32(48)57-27(25)15-23/h6-9,12-16,28-29,33-40,44,49-52H,4-5,10-11,17-18H2,1-3H3,(H,41,46)(H,43,45)/t28-,29-,33-,34+,35-,36+,37-,38-,39-,40+/m1/s1. The number of fused-ring (bicyclic) bond motifs is 2. The Morgan fingerprint density at radius 3 is 2.12 bits per heavy atom. The van der Waals surface area contributed by atoms with Gasteiger partial charge in [0.1, 0.15) is 78.0 Å². The molecular weight excluding hydrogens is 794 g/mol. The van der Waals surface area contributed by atoms with Crippen molar-refractivity contribution in [3.8, 4) is 11.5 Å². The summed E-state index contributed by atoms with van der Waals surface area (Å²) in [4.78, 5) is 53.3. The Bertz CT molecular complexity index is 2280. The molecule has 0 aliphatic carbocycles. The molecule has 7 N–H and O–H groups in total. The van der Waals surface area contributed by atoms with E-state index in [4.69, 9.17) is 37.4 Å². The van der Waals surface area contributed by atoms with Crippen LogP contribution >= 0.6 is 0 Å². The van der Waals surface area contributed by atoms with Gasteiger partial charge >= 0.3 is 11.3 Å². The van der Waals surface area contributed by atoms with Crippen molar-refractivity contribution < 1.29 is 72.5 Å². The van der Waals surface area contributed by atoms with Crippen molar-refractivity contribution in [1.29, 1.82) is 0 Å². The summed E-state index contributed by atoms with van der Waals surface area (Å²) in [6, 6.07) is 11.0. The normalized spacial score (nSPS) is 26.9. The number of hydrogen-bond donors (Lipinski definition) is 7. The number of unbranched alkanes of at least 4 members (excludes halogenated alkanes) is 1. The van der Waals surface area contributed by atoms with Crippen molar-refractivity contribution in [2.45, 2.75) is 95.0 Å². The maximum Gasteiger partial charge on any atom is 0.336 e. The third-order valence-corrected chi connectivity index (χ3v) is 9.86. The van der Waals surface area contributed by atoms with E-state index in [0.717, 1.165) is 17.2 Å². The van der Waals surface area contributed by atoms with Crippen LogP contribution < -0.4 is 31.4 Å². The minimum absolute atomic E-state index is 0.101. The fourth-order valence-electron chi connectivity index (χ4n) is 6.77. The number of carbonyl (C=O) groups is 2. The van der Waals surface area contributed by atoms with Gasteiger partial charge in [0.15, 0.2) is 12.9 Å². The van der Waals surface area contributed by atoms with Crippen molar-refractivity contribution in [1.82, 2.24) is 10.6 Å². The van der Waals surface area contributed by atoms with Crippen LogP contribution in [0, 0.1) is 13.8 Å². The number of carbonyl (C=O) groups excluding carboxylic acids is 2. The lowest BCUT2D eigenvalue weighted by molar-refractivity contribution is -0.333. The van der Waals surface area contributed by atoms with Gasteiger partial charge in [0.25, 0.3) is 5.91 Å². The Morgan fingerprint density at radius 2 is 1.47 bits per heavy atom. The fourth-order valence-corrected chi connectivity index (χ4v) is 6.77. The molecule has 0 bridgehead atoms. The van der Waals surface area contributed by atoms with Crippen LogP contribution in [0.25, 0.3) is 21.9 Å². The molecule has 2 aliphatic rings. The van der Waals surface area contributed by atoms with E-state index in [1.807, 2.05) is 0 Å². The zero-order chi connectivity index (χ0) is 43.1. The molecule has 2 fully saturated rings. The van der Waals surface area contributed by atoms with Gasteiger partial charge < -0.3 is 73.5 Å². The van der Waals surface area contributed by atoms with E-state index in [-0.39, 0.29) is 30.5 Å². The lowest BCUT2D eigenvalue weighted by atomic mass is 9.95. The Balaban J connectivity index is 0.979. The number of amides is 2. The molecule has 2 aromatic carbocycles. The predicted molar refractivity (Wildman–Crippen MR) is 208 cm³/mol. The third kappa shape index (κ3) is 10.6. The van der Waals surface area contributed by atoms with Gasteiger partial charge in [0, 0.05) is 48.5 Å². The molecule has 20 nitrogen and oxygen atoms in total. The summed E-state index contributed by atoms with van der Waals surface area (Å²) in [6.07, 6.45) is -12.3. The molecule has 4 aromatic rings. The molecule has 0 radical (unpaired) electrons. The van der Waals surface area contributed by atoms with E-state index in [2.05, 4.69) is 15.8 Å². The highest BCUT2D eigenvalue weighted by molar-refractivity contribution is 5.82. The molecule has 0 unspecified atom stereocenters. The van der Waals surface area contributed by atoms with Crippen molar-refractivity contribution in [3.63, 3.8) is 0 Å². The van der Waals surface area contributed by atoms with Crippen molar-refractivity contribution in [2.24, 2.45) is 5.16 Å². The van der Waals surface area contributed by atoms with Crippen LogP contribution in [-0.2, 0) is 28.6 Å². The van der Waals surface area contributed by atoms with Gasteiger partial charge in [-0.25, -0.2) is 9.59 Å². The van der Waals surface area contributed by atoms with E-state index >= 15 is 0 Å². The molecule has 6 rings (SSSR count). The van der Waals surface area contributed by atoms with Gasteiger partial charge in [-0.15, -0.1) is 0 Å². The predicted octanol–water partition coefficient (Wildman–Crippen LogP) is -0.352. The molecule has 60 heavy (non-hydrogen) atoms. The highest BCUT2D eigenvalue weighted by Gasteiger charge is 2.51. The Hall–Kier alpha value is -5.45. The fraction of sp³-hybridized carbons (Fsp3) is 0.475. The number of aliphatic hydroxyl groups is 5.